The highest BCUT2D eigenvalue weighted by molar-refractivity contribution is 7.98. The van der Waals surface area contributed by atoms with Crippen LogP contribution in [0.1, 0.15) is 17.2 Å². The van der Waals surface area contributed by atoms with Gasteiger partial charge in [-0.2, -0.15) is 20.5 Å². The Morgan fingerprint density at radius 1 is 1.07 bits per heavy atom. The molecule has 0 aliphatic heterocycles. The van der Waals surface area contributed by atoms with Crippen molar-refractivity contribution in [2.24, 2.45) is 0 Å². The van der Waals surface area contributed by atoms with Crippen LogP contribution in [0.3, 0.4) is 0 Å². The van der Waals surface area contributed by atoms with Crippen LogP contribution in [0.2, 0.25) is 0 Å². The standard InChI is InChI=1S/C18H24N6OS2/c1-24(2)12-15-6-7-16(25-15)13-26-10-9-20-17-18(23-27-22-17)21-11-14-5-3-4-8-19-14/h3-8H,9-13H2,1-2H3,(H,20,22)(H,21,23). The van der Waals surface area contributed by atoms with Crippen molar-refractivity contribution >= 4 is 35.1 Å². The molecule has 0 amide bonds. The molecule has 3 aromatic heterocycles. The van der Waals surface area contributed by atoms with Crippen LogP contribution in [0.15, 0.2) is 40.9 Å². The molecule has 0 bridgehead atoms. The van der Waals surface area contributed by atoms with E-state index in [1.165, 1.54) is 11.7 Å². The van der Waals surface area contributed by atoms with E-state index >= 15 is 0 Å². The zero-order valence-electron chi connectivity index (χ0n) is 15.5. The Hall–Kier alpha value is -2.10. The van der Waals surface area contributed by atoms with Crippen molar-refractivity contribution in [2.45, 2.75) is 18.8 Å². The van der Waals surface area contributed by atoms with Gasteiger partial charge in [-0.15, -0.1) is 0 Å². The molecule has 0 unspecified atom stereocenters. The normalized spacial score (nSPS) is 11.1. The summed E-state index contributed by atoms with van der Waals surface area (Å²) >= 11 is 3.03. The first-order valence-corrected chi connectivity index (χ1v) is 10.6. The van der Waals surface area contributed by atoms with Crippen molar-refractivity contribution in [3.05, 3.63) is 53.7 Å². The number of nitrogens with one attached hydrogen (secondary N) is 2. The number of furan rings is 1. The first kappa shape index (κ1) is 19.7. The fraction of sp³-hybridized carbons (Fsp3) is 0.389. The van der Waals surface area contributed by atoms with Gasteiger partial charge in [-0.25, -0.2) is 0 Å². The van der Waals surface area contributed by atoms with Gasteiger partial charge in [0.05, 0.1) is 36.3 Å². The molecule has 0 fully saturated rings. The number of pyridine rings is 1. The van der Waals surface area contributed by atoms with E-state index in [0.29, 0.717) is 6.54 Å². The Morgan fingerprint density at radius 3 is 2.67 bits per heavy atom. The summed E-state index contributed by atoms with van der Waals surface area (Å²) in [6, 6.07) is 9.97. The topological polar surface area (TPSA) is 79.1 Å². The van der Waals surface area contributed by atoms with Crippen LogP contribution in [0.4, 0.5) is 11.6 Å². The molecule has 7 nitrogen and oxygen atoms in total. The van der Waals surface area contributed by atoms with Crippen LogP contribution in [0, 0.1) is 0 Å². The summed E-state index contributed by atoms with van der Waals surface area (Å²) in [6.07, 6.45) is 1.79. The molecule has 2 N–H and O–H groups in total. The van der Waals surface area contributed by atoms with Crippen LogP contribution in [-0.4, -0.2) is 45.0 Å². The molecule has 0 aliphatic rings. The molecular weight excluding hydrogens is 380 g/mol. The molecule has 27 heavy (non-hydrogen) atoms. The zero-order chi connectivity index (χ0) is 18.9. The van der Waals surface area contributed by atoms with Gasteiger partial charge in [-0.3, -0.25) is 4.98 Å². The Kier molecular flexibility index (Phi) is 7.49. The molecule has 3 heterocycles. The van der Waals surface area contributed by atoms with Gasteiger partial charge in [0.2, 0.25) is 0 Å². The number of rotatable bonds is 11. The maximum Gasteiger partial charge on any atom is 0.184 e. The number of thioether (sulfide) groups is 1. The Balaban J connectivity index is 1.36. The third-order valence-corrected chi connectivity index (χ3v) is 5.13. The molecule has 9 heteroatoms. The second-order valence-electron chi connectivity index (χ2n) is 6.22. The lowest BCUT2D eigenvalue weighted by atomic mass is 10.3. The molecule has 0 saturated carbocycles. The number of anilines is 2. The molecular formula is C18H24N6OS2. The van der Waals surface area contributed by atoms with Crippen molar-refractivity contribution < 1.29 is 4.42 Å². The van der Waals surface area contributed by atoms with E-state index in [1.807, 2.05) is 44.1 Å². The number of aromatic nitrogens is 3. The quantitative estimate of drug-likeness (QED) is 0.470. The molecule has 0 saturated heterocycles. The van der Waals surface area contributed by atoms with Crippen LogP contribution in [-0.2, 0) is 18.8 Å². The Bertz CT molecular complexity index is 805. The van der Waals surface area contributed by atoms with E-state index in [-0.39, 0.29) is 0 Å². The van der Waals surface area contributed by atoms with E-state index in [1.54, 1.807) is 6.20 Å². The largest absolute Gasteiger partial charge is 0.464 e. The smallest absolute Gasteiger partial charge is 0.184 e. The third-order valence-electron chi connectivity index (χ3n) is 3.62. The first-order chi connectivity index (χ1) is 13.2. The third kappa shape index (κ3) is 6.53. The summed E-state index contributed by atoms with van der Waals surface area (Å²) < 4.78 is 14.4. The lowest BCUT2D eigenvalue weighted by Crippen LogP contribution is -2.09. The SMILES string of the molecule is CN(C)Cc1ccc(CSCCNc2nsnc2NCc2ccccn2)o1. The summed E-state index contributed by atoms with van der Waals surface area (Å²) in [5.74, 6) is 5.42. The second-order valence-corrected chi connectivity index (χ2v) is 7.85. The monoisotopic (exact) mass is 404 g/mol. The van der Waals surface area contributed by atoms with E-state index in [0.717, 1.165) is 53.4 Å². The molecule has 0 atom stereocenters. The van der Waals surface area contributed by atoms with Gasteiger partial charge in [0.15, 0.2) is 11.6 Å². The van der Waals surface area contributed by atoms with Gasteiger partial charge >= 0.3 is 0 Å². The Morgan fingerprint density at radius 2 is 1.89 bits per heavy atom. The van der Waals surface area contributed by atoms with Gasteiger partial charge in [-0.1, -0.05) is 6.07 Å². The van der Waals surface area contributed by atoms with Gasteiger partial charge in [0.1, 0.15) is 11.5 Å². The van der Waals surface area contributed by atoms with Crippen LogP contribution in [0.5, 0.6) is 0 Å². The molecule has 0 radical (unpaired) electrons. The minimum atomic E-state index is 0.628. The second kappa shape index (κ2) is 10.3. The van der Waals surface area contributed by atoms with Crippen LogP contribution >= 0.6 is 23.5 Å². The van der Waals surface area contributed by atoms with Gasteiger partial charge < -0.3 is 20.0 Å². The summed E-state index contributed by atoms with van der Waals surface area (Å²) in [5.41, 5.74) is 0.971. The fourth-order valence-electron chi connectivity index (χ4n) is 2.41. The van der Waals surface area contributed by atoms with Gasteiger partial charge in [0.25, 0.3) is 0 Å². The predicted octanol–water partition coefficient (Wildman–Crippen LogP) is 3.55. The number of hydrogen-bond acceptors (Lipinski definition) is 9. The molecule has 144 valence electrons. The molecule has 3 rings (SSSR count). The van der Waals surface area contributed by atoms with Crippen molar-refractivity contribution in [1.29, 1.82) is 0 Å². The average molecular weight is 405 g/mol. The molecule has 0 aliphatic carbocycles. The van der Waals surface area contributed by atoms with E-state index in [4.69, 9.17) is 4.42 Å². The average Bonchev–Trinajstić information content (AvgIpc) is 3.29. The zero-order valence-corrected chi connectivity index (χ0v) is 17.1. The van der Waals surface area contributed by atoms with Gasteiger partial charge in [-0.05, 0) is 38.4 Å². The fourth-order valence-corrected chi connectivity index (χ4v) is 3.66. The van der Waals surface area contributed by atoms with Crippen LogP contribution in [0.25, 0.3) is 0 Å². The predicted molar refractivity (Wildman–Crippen MR) is 112 cm³/mol. The van der Waals surface area contributed by atoms with E-state index < -0.39 is 0 Å². The summed E-state index contributed by atoms with van der Waals surface area (Å²) in [5, 5.41) is 6.62. The minimum Gasteiger partial charge on any atom is -0.464 e. The highest BCUT2D eigenvalue weighted by Gasteiger charge is 2.08. The van der Waals surface area contributed by atoms with Crippen molar-refractivity contribution in [2.75, 3.05) is 37.0 Å². The summed E-state index contributed by atoms with van der Waals surface area (Å²) in [6.45, 7) is 2.28. The molecule has 0 aromatic carbocycles. The lowest BCUT2D eigenvalue weighted by molar-refractivity contribution is 0.344. The van der Waals surface area contributed by atoms with Crippen molar-refractivity contribution in [1.82, 2.24) is 18.6 Å². The van der Waals surface area contributed by atoms with E-state index in [9.17, 15) is 0 Å². The highest BCUT2D eigenvalue weighted by Crippen LogP contribution is 2.20. The number of nitrogens with zero attached hydrogens (tertiary/aromatic N) is 4. The van der Waals surface area contributed by atoms with Crippen LogP contribution < -0.4 is 10.6 Å². The number of hydrogen-bond donors (Lipinski definition) is 2. The highest BCUT2D eigenvalue weighted by atomic mass is 32.2. The lowest BCUT2D eigenvalue weighted by Gasteiger charge is -2.07. The maximum absolute atomic E-state index is 5.82. The van der Waals surface area contributed by atoms with Crippen molar-refractivity contribution in [3.63, 3.8) is 0 Å². The first-order valence-electron chi connectivity index (χ1n) is 8.71. The maximum atomic E-state index is 5.82. The van der Waals surface area contributed by atoms with E-state index in [2.05, 4.69) is 41.4 Å². The summed E-state index contributed by atoms with van der Waals surface area (Å²) in [4.78, 5) is 6.40. The van der Waals surface area contributed by atoms with Gasteiger partial charge in [0, 0.05) is 18.5 Å². The van der Waals surface area contributed by atoms with Crippen molar-refractivity contribution in [3.8, 4) is 0 Å². The minimum absolute atomic E-state index is 0.628. The molecule has 3 aromatic rings. The Labute approximate surface area is 167 Å². The molecule has 0 spiro atoms. The summed E-state index contributed by atoms with van der Waals surface area (Å²) in [7, 11) is 4.07.